The van der Waals surface area contributed by atoms with Crippen LogP contribution < -0.4 is 25.0 Å². The molecule has 0 radical (unpaired) electrons. The lowest BCUT2D eigenvalue weighted by molar-refractivity contribution is 0.0743. The minimum absolute atomic E-state index is 0.0772. The van der Waals surface area contributed by atoms with Crippen LogP contribution >= 0.6 is 0 Å². The molecule has 2 N–H and O–H groups in total. The Balaban J connectivity index is 1.22. The van der Waals surface area contributed by atoms with E-state index in [1.807, 2.05) is 11.0 Å². The smallest absolute Gasteiger partial charge is 0.255 e. The van der Waals surface area contributed by atoms with Crippen LogP contribution in [-0.4, -0.2) is 86.7 Å². The van der Waals surface area contributed by atoms with Crippen molar-refractivity contribution in [3.8, 4) is 17.6 Å². The maximum atomic E-state index is 13.4. The minimum atomic E-state index is -0.335. The highest BCUT2D eigenvalue weighted by Crippen LogP contribution is 2.34. The summed E-state index contributed by atoms with van der Waals surface area (Å²) in [7, 11) is 0. The van der Waals surface area contributed by atoms with Gasteiger partial charge in [0.15, 0.2) is 11.5 Å². The molecule has 6 rings (SSSR count). The Morgan fingerprint density at radius 2 is 1.44 bits per heavy atom. The third-order valence-corrected chi connectivity index (χ3v) is 7.92. The molecule has 3 amide bonds. The number of piperazine rings is 1. The molecule has 0 bridgehead atoms. The Morgan fingerprint density at radius 1 is 0.744 bits per heavy atom. The Labute approximate surface area is 249 Å². The number of carbonyl (C=O) groups excluding carboxylic acids is 3. The molecular weight excluding hydrogens is 548 g/mol. The maximum Gasteiger partial charge on any atom is 0.255 e. The fourth-order valence-corrected chi connectivity index (χ4v) is 5.53. The summed E-state index contributed by atoms with van der Waals surface area (Å²) in [5.41, 5.74) is 3.24. The van der Waals surface area contributed by atoms with Crippen molar-refractivity contribution < 1.29 is 23.9 Å². The van der Waals surface area contributed by atoms with E-state index >= 15 is 0 Å². The molecule has 2 fully saturated rings. The summed E-state index contributed by atoms with van der Waals surface area (Å²) in [6.45, 7) is 5.06. The van der Waals surface area contributed by atoms with Crippen molar-refractivity contribution in [3.05, 3.63) is 82.9 Å². The summed E-state index contributed by atoms with van der Waals surface area (Å²) in [5, 5.41) is 15.4. The Bertz CT molecular complexity index is 1570. The molecule has 0 spiro atoms. The van der Waals surface area contributed by atoms with Crippen LogP contribution in [0.4, 0.5) is 11.4 Å². The fourth-order valence-electron chi connectivity index (χ4n) is 5.53. The van der Waals surface area contributed by atoms with Gasteiger partial charge in [-0.25, -0.2) is 0 Å². The summed E-state index contributed by atoms with van der Waals surface area (Å²) in [4.78, 5) is 45.7. The SMILES string of the molecule is N#Cc1ccc(C(=O)N2CCN(c3ccc(C(=O)N4CCCNCC4)cc3NC(=O)c3ccc4c(c3)OCO4)CC2)cc1. The van der Waals surface area contributed by atoms with Gasteiger partial charge in [-0.05, 0) is 73.6 Å². The summed E-state index contributed by atoms with van der Waals surface area (Å²) >= 11 is 0. The number of hydrogen-bond acceptors (Lipinski definition) is 8. The number of benzene rings is 3. The first-order valence-corrected chi connectivity index (χ1v) is 14.4. The molecule has 11 heteroatoms. The minimum Gasteiger partial charge on any atom is -0.454 e. The Hall–Kier alpha value is -5.08. The number of nitrogens with zero attached hydrogens (tertiary/aromatic N) is 4. The lowest BCUT2D eigenvalue weighted by atomic mass is 10.1. The van der Waals surface area contributed by atoms with Gasteiger partial charge in [0.25, 0.3) is 17.7 Å². The fraction of sp³-hybridized carbons (Fsp3) is 0.312. The van der Waals surface area contributed by atoms with Gasteiger partial charge in [0, 0.05) is 62.5 Å². The van der Waals surface area contributed by atoms with Gasteiger partial charge in [0.2, 0.25) is 6.79 Å². The molecule has 11 nitrogen and oxygen atoms in total. The number of fused-ring (bicyclic) bond motifs is 1. The molecule has 3 heterocycles. The van der Waals surface area contributed by atoms with E-state index in [9.17, 15) is 14.4 Å². The second kappa shape index (κ2) is 12.4. The van der Waals surface area contributed by atoms with Crippen molar-refractivity contribution in [1.29, 1.82) is 5.26 Å². The van der Waals surface area contributed by atoms with E-state index in [0.29, 0.717) is 78.7 Å². The molecule has 3 aromatic rings. The van der Waals surface area contributed by atoms with E-state index < -0.39 is 0 Å². The molecule has 3 aromatic carbocycles. The first-order valence-electron chi connectivity index (χ1n) is 14.4. The highest BCUT2D eigenvalue weighted by molar-refractivity contribution is 6.07. The van der Waals surface area contributed by atoms with Crippen molar-refractivity contribution in [2.75, 3.05) is 69.4 Å². The van der Waals surface area contributed by atoms with Crippen LogP contribution in [0.1, 0.15) is 43.1 Å². The van der Waals surface area contributed by atoms with Crippen LogP contribution in [-0.2, 0) is 0 Å². The highest BCUT2D eigenvalue weighted by atomic mass is 16.7. The van der Waals surface area contributed by atoms with Crippen LogP contribution in [0.25, 0.3) is 0 Å². The third kappa shape index (κ3) is 6.10. The van der Waals surface area contributed by atoms with Crippen LogP contribution in [0.5, 0.6) is 11.5 Å². The van der Waals surface area contributed by atoms with Crippen LogP contribution in [0.3, 0.4) is 0 Å². The number of anilines is 2. The lowest BCUT2D eigenvalue weighted by Crippen LogP contribution is -2.49. The molecule has 3 aliphatic heterocycles. The van der Waals surface area contributed by atoms with Gasteiger partial charge in [0.05, 0.1) is 23.0 Å². The Morgan fingerprint density at radius 3 is 2.23 bits per heavy atom. The van der Waals surface area contributed by atoms with Gasteiger partial charge in [-0.1, -0.05) is 0 Å². The van der Waals surface area contributed by atoms with Crippen LogP contribution in [0.15, 0.2) is 60.7 Å². The molecule has 43 heavy (non-hydrogen) atoms. The summed E-state index contributed by atoms with van der Waals surface area (Å²) in [6, 6.07) is 19.1. The quantitative estimate of drug-likeness (QED) is 0.472. The van der Waals surface area contributed by atoms with Gasteiger partial charge < -0.3 is 34.8 Å². The molecule has 2 saturated heterocycles. The lowest BCUT2D eigenvalue weighted by Gasteiger charge is -2.37. The molecule has 3 aliphatic rings. The van der Waals surface area contributed by atoms with E-state index in [0.717, 1.165) is 25.2 Å². The van der Waals surface area contributed by atoms with Gasteiger partial charge in [-0.2, -0.15) is 5.26 Å². The first kappa shape index (κ1) is 28.1. The average Bonchev–Trinajstić information content (AvgIpc) is 3.36. The molecule has 0 aliphatic carbocycles. The number of rotatable bonds is 5. The number of nitriles is 1. The second-order valence-corrected chi connectivity index (χ2v) is 10.6. The number of ether oxygens (including phenoxy) is 2. The number of amides is 3. The largest absolute Gasteiger partial charge is 0.454 e. The molecule has 0 atom stereocenters. The Kier molecular flexibility index (Phi) is 8.11. The maximum absolute atomic E-state index is 13.4. The molecule has 220 valence electrons. The van der Waals surface area contributed by atoms with E-state index in [1.54, 1.807) is 59.5 Å². The summed E-state index contributed by atoms with van der Waals surface area (Å²) in [5.74, 6) is 0.595. The van der Waals surface area contributed by atoms with Gasteiger partial charge in [0.1, 0.15) is 0 Å². The zero-order valence-corrected chi connectivity index (χ0v) is 23.7. The second-order valence-electron chi connectivity index (χ2n) is 10.6. The van der Waals surface area contributed by atoms with E-state index in [2.05, 4.69) is 21.6 Å². The molecule has 0 unspecified atom stereocenters. The average molecular weight is 581 g/mol. The van der Waals surface area contributed by atoms with Crippen molar-refractivity contribution in [3.63, 3.8) is 0 Å². The standard InChI is InChI=1S/C32H32N6O5/c33-20-22-2-4-23(5-3-22)31(40)38-16-14-36(15-17-38)27-8-6-25(32(41)37-12-1-10-34-11-13-37)18-26(27)35-30(39)24-7-9-28-29(19-24)43-21-42-28/h2-9,18-19,34H,1,10-17,21H2,(H,35,39). The van der Waals surface area contributed by atoms with Gasteiger partial charge >= 0.3 is 0 Å². The number of hydrogen-bond donors (Lipinski definition) is 2. The molecule has 0 saturated carbocycles. The van der Waals surface area contributed by atoms with E-state index in [4.69, 9.17) is 14.7 Å². The van der Waals surface area contributed by atoms with Crippen molar-refractivity contribution in [2.45, 2.75) is 6.42 Å². The predicted octanol–water partition coefficient (Wildman–Crippen LogP) is 2.94. The summed E-state index contributed by atoms with van der Waals surface area (Å²) in [6.07, 6.45) is 0.878. The van der Waals surface area contributed by atoms with E-state index in [1.165, 1.54) is 0 Å². The predicted molar refractivity (Wildman–Crippen MR) is 160 cm³/mol. The van der Waals surface area contributed by atoms with E-state index in [-0.39, 0.29) is 24.5 Å². The van der Waals surface area contributed by atoms with Crippen LogP contribution in [0, 0.1) is 11.3 Å². The van der Waals surface area contributed by atoms with Gasteiger partial charge in [-0.3, -0.25) is 14.4 Å². The highest BCUT2D eigenvalue weighted by Gasteiger charge is 2.26. The molecular formula is C32H32N6O5. The van der Waals surface area contributed by atoms with Crippen LogP contribution in [0.2, 0.25) is 0 Å². The summed E-state index contributed by atoms with van der Waals surface area (Å²) < 4.78 is 10.8. The zero-order chi connectivity index (χ0) is 29.8. The van der Waals surface area contributed by atoms with Crippen molar-refractivity contribution in [1.82, 2.24) is 15.1 Å². The number of carbonyl (C=O) groups is 3. The van der Waals surface area contributed by atoms with Crippen molar-refractivity contribution >= 4 is 29.1 Å². The normalized spacial score (nSPS) is 16.3. The van der Waals surface area contributed by atoms with Crippen molar-refractivity contribution in [2.24, 2.45) is 0 Å². The topological polar surface area (TPSA) is 127 Å². The molecule has 0 aromatic heterocycles. The third-order valence-electron chi connectivity index (χ3n) is 7.92. The zero-order valence-electron chi connectivity index (χ0n) is 23.7. The number of nitrogens with one attached hydrogen (secondary N) is 2. The van der Waals surface area contributed by atoms with Gasteiger partial charge in [-0.15, -0.1) is 0 Å². The monoisotopic (exact) mass is 580 g/mol. The first-order chi connectivity index (χ1) is 21.0.